The zero-order chi connectivity index (χ0) is 36.7. The Morgan fingerprint density at radius 2 is 0.804 bits per heavy atom. The summed E-state index contributed by atoms with van der Waals surface area (Å²) in [6.45, 7) is 0. The Morgan fingerprint density at radius 1 is 0.393 bits per heavy atom. The fourth-order valence-electron chi connectivity index (χ4n) is 7.96. The summed E-state index contributed by atoms with van der Waals surface area (Å²) in [6, 6.07) is 58.1. The predicted octanol–water partition coefficient (Wildman–Crippen LogP) is 14.0. The third kappa shape index (κ3) is 4.79. The van der Waals surface area contributed by atoms with Crippen molar-refractivity contribution in [2.75, 3.05) is 9.80 Å². The van der Waals surface area contributed by atoms with Crippen molar-refractivity contribution in [1.82, 2.24) is 9.97 Å². The van der Waals surface area contributed by atoms with E-state index in [1.54, 1.807) is 11.8 Å². The van der Waals surface area contributed by atoms with Gasteiger partial charge in [0.1, 0.15) is 11.0 Å². The fraction of sp³-hybridized carbons (Fsp3) is 0. The summed E-state index contributed by atoms with van der Waals surface area (Å²) in [5.41, 5.74) is 10.7. The molecule has 0 atom stereocenters. The van der Waals surface area contributed by atoms with Gasteiger partial charge in [0, 0.05) is 31.7 Å². The van der Waals surface area contributed by atoms with Crippen molar-refractivity contribution in [3.63, 3.8) is 0 Å². The molecule has 0 saturated carbocycles. The van der Waals surface area contributed by atoms with Crippen LogP contribution in [0.15, 0.2) is 188 Å². The molecule has 10 aromatic rings. The molecular weight excluding hydrogens is 713 g/mol. The summed E-state index contributed by atoms with van der Waals surface area (Å²) in [6.07, 6.45) is 0. The van der Waals surface area contributed by atoms with Gasteiger partial charge in [-0.15, -0.1) is 0 Å². The SMILES string of the molecule is c1ccc2c(c1)Oc1ccccc1N2c1cc(-c2nc3ccccc3o2)cc2c(N3c4ccccc4Sc4ccccc43)cc(-c3nc4ccccc4o3)cc12. The molecule has 8 heteroatoms. The number of para-hydroxylation sites is 10. The van der Waals surface area contributed by atoms with Crippen LogP contribution in [0.2, 0.25) is 0 Å². The summed E-state index contributed by atoms with van der Waals surface area (Å²) in [7, 11) is 0. The lowest BCUT2D eigenvalue weighted by molar-refractivity contribution is 0.477. The van der Waals surface area contributed by atoms with Crippen LogP contribution in [0.5, 0.6) is 11.5 Å². The molecule has 2 aromatic heterocycles. The lowest BCUT2D eigenvalue weighted by atomic mass is 9.97. The zero-order valence-electron chi connectivity index (χ0n) is 29.6. The Hall–Kier alpha value is -7.29. The van der Waals surface area contributed by atoms with Crippen LogP contribution in [0.3, 0.4) is 0 Å². The molecule has 0 fully saturated rings. The summed E-state index contributed by atoms with van der Waals surface area (Å²) in [5.74, 6) is 2.60. The lowest BCUT2D eigenvalue weighted by Crippen LogP contribution is -2.17. The maximum absolute atomic E-state index is 6.52. The van der Waals surface area contributed by atoms with Crippen molar-refractivity contribution in [3.05, 3.63) is 170 Å². The average molecular weight is 741 g/mol. The second kappa shape index (κ2) is 12.1. The van der Waals surface area contributed by atoms with Gasteiger partial charge in [0.25, 0.3) is 0 Å². The Balaban J connectivity index is 1.23. The van der Waals surface area contributed by atoms with Crippen molar-refractivity contribution < 1.29 is 13.6 Å². The molecule has 12 rings (SSSR count). The van der Waals surface area contributed by atoms with E-state index in [2.05, 4.69) is 94.7 Å². The molecule has 0 bridgehead atoms. The number of rotatable bonds is 4. The molecule has 7 nitrogen and oxygen atoms in total. The molecule has 56 heavy (non-hydrogen) atoms. The minimum absolute atomic E-state index is 0.535. The molecule has 0 unspecified atom stereocenters. The number of hydrogen-bond donors (Lipinski definition) is 0. The van der Waals surface area contributed by atoms with Gasteiger partial charge in [-0.25, -0.2) is 9.97 Å². The van der Waals surface area contributed by atoms with Crippen LogP contribution >= 0.6 is 11.8 Å². The molecule has 4 heterocycles. The van der Waals surface area contributed by atoms with E-state index in [-0.39, 0.29) is 0 Å². The molecule has 0 amide bonds. The highest BCUT2D eigenvalue weighted by atomic mass is 32.2. The third-order valence-electron chi connectivity index (χ3n) is 10.5. The minimum atomic E-state index is 0.535. The van der Waals surface area contributed by atoms with E-state index < -0.39 is 0 Å². The molecule has 2 aliphatic heterocycles. The van der Waals surface area contributed by atoms with Gasteiger partial charge in [-0.2, -0.15) is 0 Å². The summed E-state index contributed by atoms with van der Waals surface area (Å²) >= 11 is 1.78. The van der Waals surface area contributed by atoms with E-state index in [0.717, 1.165) is 99.5 Å². The van der Waals surface area contributed by atoms with Crippen LogP contribution in [0.1, 0.15) is 0 Å². The van der Waals surface area contributed by atoms with Crippen LogP contribution in [0.4, 0.5) is 34.1 Å². The first kappa shape index (κ1) is 31.1. The molecule has 0 saturated heterocycles. The van der Waals surface area contributed by atoms with Crippen LogP contribution in [-0.2, 0) is 0 Å². The van der Waals surface area contributed by atoms with E-state index in [1.165, 1.54) is 0 Å². The van der Waals surface area contributed by atoms with E-state index in [1.807, 2.05) is 84.9 Å². The summed E-state index contributed by atoms with van der Waals surface area (Å²) < 4.78 is 19.5. The average Bonchev–Trinajstić information content (AvgIpc) is 3.89. The number of oxazole rings is 2. The van der Waals surface area contributed by atoms with Gasteiger partial charge in [0.2, 0.25) is 11.8 Å². The Bertz CT molecular complexity index is 2830. The highest BCUT2D eigenvalue weighted by Gasteiger charge is 2.31. The number of aromatic nitrogens is 2. The van der Waals surface area contributed by atoms with E-state index in [0.29, 0.717) is 11.8 Å². The monoisotopic (exact) mass is 740 g/mol. The van der Waals surface area contributed by atoms with Crippen molar-refractivity contribution in [3.8, 4) is 34.4 Å². The molecule has 0 N–H and O–H groups in total. The van der Waals surface area contributed by atoms with Crippen LogP contribution < -0.4 is 14.5 Å². The van der Waals surface area contributed by atoms with E-state index in [4.69, 9.17) is 23.5 Å². The van der Waals surface area contributed by atoms with Gasteiger partial charge < -0.3 is 23.4 Å². The minimum Gasteiger partial charge on any atom is -0.453 e. The van der Waals surface area contributed by atoms with Gasteiger partial charge in [0.15, 0.2) is 22.7 Å². The molecule has 264 valence electrons. The largest absolute Gasteiger partial charge is 0.453 e. The highest BCUT2D eigenvalue weighted by Crippen LogP contribution is 2.56. The van der Waals surface area contributed by atoms with E-state index >= 15 is 0 Å². The molecule has 8 aromatic carbocycles. The van der Waals surface area contributed by atoms with Gasteiger partial charge in [-0.3, -0.25) is 0 Å². The smallest absolute Gasteiger partial charge is 0.227 e. The molecule has 0 radical (unpaired) electrons. The maximum Gasteiger partial charge on any atom is 0.227 e. The van der Waals surface area contributed by atoms with E-state index in [9.17, 15) is 0 Å². The Labute approximate surface area is 325 Å². The molecule has 0 spiro atoms. The number of hydrogen-bond acceptors (Lipinski definition) is 8. The quantitative estimate of drug-likeness (QED) is 0.177. The number of nitrogens with zero attached hydrogens (tertiary/aromatic N) is 4. The first-order valence-corrected chi connectivity index (χ1v) is 19.2. The van der Waals surface area contributed by atoms with Gasteiger partial charge >= 0.3 is 0 Å². The lowest BCUT2D eigenvalue weighted by Gasteiger charge is -2.36. The Kier molecular flexibility index (Phi) is 6.73. The van der Waals surface area contributed by atoms with Crippen LogP contribution in [-0.4, -0.2) is 9.97 Å². The second-order valence-corrected chi connectivity index (χ2v) is 14.9. The summed E-state index contributed by atoms with van der Waals surface area (Å²) in [5, 5.41) is 1.98. The van der Waals surface area contributed by atoms with Crippen molar-refractivity contribution in [2.45, 2.75) is 9.79 Å². The predicted molar refractivity (Wildman–Crippen MR) is 224 cm³/mol. The normalized spacial score (nSPS) is 13.0. The maximum atomic E-state index is 6.52. The molecule has 0 aliphatic carbocycles. The highest BCUT2D eigenvalue weighted by molar-refractivity contribution is 7.99. The number of benzene rings is 8. The molecule has 2 aliphatic rings. The molecular formula is C48H28N4O3S. The number of fused-ring (bicyclic) bond motifs is 7. The zero-order valence-corrected chi connectivity index (χ0v) is 30.4. The standard InChI is InChI=1S/C48H28N4O3S/c1-7-19-41-33(13-1)49-47(54-41)29-26-32-31(39(27-29)51-35-15-3-9-21-43(35)53-44-22-10-4-16-36(44)51)25-30(48-50-34-14-2-8-20-42(34)55-48)28-40(32)52-37-17-5-11-23-45(37)56-46-24-12-6-18-38(46)52/h1-28H. The number of ether oxygens (including phenoxy) is 1. The van der Waals surface area contributed by atoms with Gasteiger partial charge in [-0.1, -0.05) is 84.6 Å². The van der Waals surface area contributed by atoms with Crippen molar-refractivity contribution >= 4 is 78.9 Å². The van der Waals surface area contributed by atoms with Gasteiger partial charge in [0.05, 0.1) is 34.1 Å². The van der Waals surface area contributed by atoms with Crippen LogP contribution in [0, 0.1) is 0 Å². The fourth-order valence-corrected chi connectivity index (χ4v) is 9.02. The first-order valence-electron chi connectivity index (χ1n) is 18.4. The van der Waals surface area contributed by atoms with Crippen LogP contribution in [0.25, 0.3) is 55.9 Å². The Morgan fingerprint density at radius 3 is 1.30 bits per heavy atom. The second-order valence-electron chi connectivity index (χ2n) is 13.8. The first-order chi connectivity index (χ1) is 27.7. The van der Waals surface area contributed by atoms with Crippen molar-refractivity contribution in [1.29, 1.82) is 0 Å². The topological polar surface area (TPSA) is 67.8 Å². The number of anilines is 6. The third-order valence-corrected chi connectivity index (χ3v) is 11.6. The van der Waals surface area contributed by atoms with Crippen molar-refractivity contribution in [2.24, 2.45) is 0 Å². The summed E-state index contributed by atoms with van der Waals surface area (Å²) in [4.78, 5) is 17.0. The van der Waals surface area contributed by atoms with Gasteiger partial charge in [-0.05, 0) is 97.1 Å².